The van der Waals surface area contributed by atoms with E-state index < -0.39 is 29.3 Å². The topological polar surface area (TPSA) is 46.5 Å². The molecule has 0 atom stereocenters. The van der Waals surface area contributed by atoms with Crippen molar-refractivity contribution in [2.75, 3.05) is 6.61 Å². The molecule has 0 unspecified atom stereocenters. The summed E-state index contributed by atoms with van der Waals surface area (Å²) in [4.78, 5) is 11.1. The molecule has 1 N–H and O–H groups in total. The van der Waals surface area contributed by atoms with Crippen LogP contribution in [-0.4, -0.2) is 23.9 Å². The van der Waals surface area contributed by atoms with Gasteiger partial charge in [0.15, 0.2) is 0 Å². The number of alkyl halides is 3. The van der Waals surface area contributed by atoms with Gasteiger partial charge in [0, 0.05) is 11.5 Å². The first-order valence-corrected chi connectivity index (χ1v) is 8.85. The lowest BCUT2D eigenvalue weighted by Crippen LogP contribution is -2.35. The normalized spacial score (nSPS) is 26.6. The van der Waals surface area contributed by atoms with Crippen LogP contribution in [0.1, 0.15) is 67.3 Å². The Balaban J connectivity index is 1.70. The summed E-state index contributed by atoms with van der Waals surface area (Å²) in [7, 11) is 0. The van der Waals surface area contributed by atoms with Crippen LogP contribution in [0.15, 0.2) is 12.1 Å². The highest BCUT2D eigenvalue weighted by Gasteiger charge is 2.44. The molecule has 3 nitrogen and oxygen atoms in total. The number of ether oxygens (including phenoxy) is 1. The van der Waals surface area contributed by atoms with Gasteiger partial charge < -0.3 is 9.84 Å². The Morgan fingerprint density at radius 1 is 1.23 bits per heavy atom. The molecule has 0 bridgehead atoms. The summed E-state index contributed by atoms with van der Waals surface area (Å²) in [6.45, 7) is 2.08. The van der Waals surface area contributed by atoms with Gasteiger partial charge in [-0.2, -0.15) is 13.2 Å². The van der Waals surface area contributed by atoms with Crippen molar-refractivity contribution in [2.24, 2.45) is 11.3 Å². The van der Waals surface area contributed by atoms with E-state index in [1.807, 2.05) is 6.92 Å². The average molecular weight is 374 g/mol. The van der Waals surface area contributed by atoms with Crippen molar-refractivity contribution in [1.82, 2.24) is 0 Å². The molecule has 2 aliphatic rings. The van der Waals surface area contributed by atoms with Crippen LogP contribution in [0.4, 0.5) is 17.6 Å². The highest BCUT2D eigenvalue weighted by molar-refractivity contribution is 5.88. The third-order valence-electron chi connectivity index (χ3n) is 5.58. The van der Waals surface area contributed by atoms with Crippen LogP contribution in [0, 0.1) is 17.2 Å². The van der Waals surface area contributed by atoms with Gasteiger partial charge in [0.05, 0.1) is 18.1 Å². The SMILES string of the molecule is C[C@]1(COc2cc(F)c(C(=O)O)cc2C2CC2)CC[C@@H](C(F)(F)F)CC1. The Bertz CT molecular complexity index is 687. The van der Waals surface area contributed by atoms with E-state index in [1.54, 1.807) is 0 Å². The zero-order chi connectivity index (χ0) is 19.1. The Hall–Kier alpha value is -1.79. The molecule has 0 aromatic heterocycles. The molecule has 0 spiro atoms. The van der Waals surface area contributed by atoms with Crippen molar-refractivity contribution in [2.45, 2.75) is 57.5 Å². The van der Waals surface area contributed by atoms with E-state index in [9.17, 15) is 22.4 Å². The first kappa shape index (κ1) is 19.0. The molecule has 0 amide bonds. The van der Waals surface area contributed by atoms with Crippen molar-refractivity contribution >= 4 is 5.97 Å². The van der Waals surface area contributed by atoms with Crippen LogP contribution in [0.3, 0.4) is 0 Å². The number of carboxylic acid groups (broad SMARTS) is 1. The molecular formula is C19H22F4O3. The van der Waals surface area contributed by atoms with E-state index in [-0.39, 0.29) is 30.9 Å². The minimum atomic E-state index is -4.16. The van der Waals surface area contributed by atoms with Gasteiger partial charge in [-0.25, -0.2) is 9.18 Å². The molecule has 3 rings (SSSR count). The predicted octanol–water partition coefficient (Wildman–Crippen LogP) is 5.54. The minimum absolute atomic E-state index is 0.0746. The molecule has 1 aromatic carbocycles. The second-order valence-electron chi connectivity index (χ2n) is 7.86. The zero-order valence-electron chi connectivity index (χ0n) is 14.5. The standard InChI is InChI=1S/C19H22F4O3/c1-18(6-4-12(5-7-18)19(21,22)23)10-26-16-9-15(20)14(17(24)25)8-13(16)11-2-3-11/h8-9,11-12H,2-7,10H2,1H3,(H,24,25)/t12-,18+. The van der Waals surface area contributed by atoms with Crippen molar-refractivity contribution < 1.29 is 32.2 Å². The van der Waals surface area contributed by atoms with Crippen LogP contribution in [0.2, 0.25) is 0 Å². The fraction of sp³-hybridized carbons (Fsp3) is 0.632. The van der Waals surface area contributed by atoms with E-state index in [4.69, 9.17) is 9.84 Å². The number of benzene rings is 1. The van der Waals surface area contributed by atoms with Crippen molar-refractivity contribution in [1.29, 1.82) is 0 Å². The maximum Gasteiger partial charge on any atom is 0.391 e. The first-order valence-electron chi connectivity index (χ1n) is 8.85. The summed E-state index contributed by atoms with van der Waals surface area (Å²) < 4.78 is 58.3. The molecule has 2 aliphatic carbocycles. The number of hydrogen-bond donors (Lipinski definition) is 1. The van der Waals surface area contributed by atoms with Gasteiger partial charge in [0.2, 0.25) is 0 Å². The molecule has 1 aromatic rings. The monoisotopic (exact) mass is 374 g/mol. The highest BCUT2D eigenvalue weighted by Crippen LogP contribution is 2.47. The second-order valence-corrected chi connectivity index (χ2v) is 7.86. The van der Waals surface area contributed by atoms with E-state index in [0.717, 1.165) is 18.9 Å². The van der Waals surface area contributed by atoms with Gasteiger partial charge >= 0.3 is 12.1 Å². The van der Waals surface area contributed by atoms with Crippen LogP contribution in [0.5, 0.6) is 5.75 Å². The van der Waals surface area contributed by atoms with E-state index in [2.05, 4.69) is 0 Å². The van der Waals surface area contributed by atoms with Gasteiger partial charge in [-0.05, 0) is 56.1 Å². The Kier molecular flexibility index (Phi) is 4.92. The lowest BCUT2D eigenvalue weighted by molar-refractivity contribution is -0.187. The molecular weight excluding hydrogens is 352 g/mol. The predicted molar refractivity (Wildman–Crippen MR) is 86.9 cm³/mol. The summed E-state index contributed by atoms with van der Waals surface area (Å²) in [5, 5.41) is 9.08. The summed E-state index contributed by atoms with van der Waals surface area (Å²) in [5.41, 5.74) is -0.0997. The number of halogens is 4. The highest BCUT2D eigenvalue weighted by atomic mass is 19.4. The van der Waals surface area contributed by atoms with Crippen molar-refractivity contribution in [3.8, 4) is 5.75 Å². The fourth-order valence-corrected chi connectivity index (χ4v) is 3.61. The van der Waals surface area contributed by atoms with Crippen LogP contribution >= 0.6 is 0 Å². The number of hydrogen-bond acceptors (Lipinski definition) is 2. The number of rotatable bonds is 5. The van der Waals surface area contributed by atoms with E-state index in [0.29, 0.717) is 24.2 Å². The van der Waals surface area contributed by atoms with E-state index >= 15 is 0 Å². The molecule has 26 heavy (non-hydrogen) atoms. The molecule has 2 saturated carbocycles. The molecule has 0 heterocycles. The fourth-order valence-electron chi connectivity index (χ4n) is 3.61. The van der Waals surface area contributed by atoms with Gasteiger partial charge in [0.25, 0.3) is 0 Å². The van der Waals surface area contributed by atoms with Gasteiger partial charge in [-0.3, -0.25) is 0 Å². The molecule has 0 radical (unpaired) electrons. The smallest absolute Gasteiger partial charge is 0.391 e. The molecule has 7 heteroatoms. The van der Waals surface area contributed by atoms with Gasteiger partial charge in [-0.15, -0.1) is 0 Å². The Morgan fingerprint density at radius 2 is 1.85 bits per heavy atom. The maximum absolute atomic E-state index is 14.0. The number of carboxylic acids is 1. The largest absolute Gasteiger partial charge is 0.493 e. The minimum Gasteiger partial charge on any atom is -0.493 e. The number of aromatic carboxylic acids is 1. The third-order valence-corrected chi connectivity index (χ3v) is 5.58. The zero-order valence-corrected chi connectivity index (χ0v) is 14.5. The van der Waals surface area contributed by atoms with Crippen LogP contribution < -0.4 is 4.74 Å². The quantitative estimate of drug-likeness (QED) is 0.689. The Morgan fingerprint density at radius 3 is 2.35 bits per heavy atom. The average Bonchev–Trinajstić information content (AvgIpc) is 3.37. The van der Waals surface area contributed by atoms with Crippen LogP contribution in [-0.2, 0) is 0 Å². The summed E-state index contributed by atoms with van der Waals surface area (Å²) >= 11 is 0. The molecule has 0 saturated heterocycles. The second kappa shape index (κ2) is 6.74. The van der Waals surface area contributed by atoms with Gasteiger partial charge in [-0.1, -0.05) is 6.92 Å². The summed E-state index contributed by atoms with van der Waals surface area (Å²) in [6, 6.07) is 2.43. The third kappa shape index (κ3) is 4.13. The van der Waals surface area contributed by atoms with Crippen molar-refractivity contribution in [3.63, 3.8) is 0 Å². The van der Waals surface area contributed by atoms with Gasteiger partial charge in [0.1, 0.15) is 11.6 Å². The first-order chi connectivity index (χ1) is 12.1. The molecule has 2 fully saturated rings. The van der Waals surface area contributed by atoms with Crippen molar-refractivity contribution in [3.05, 3.63) is 29.1 Å². The molecule has 0 aliphatic heterocycles. The van der Waals surface area contributed by atoms with Crippen LogP contribution in [0.25, 0.3) is 0 Å². The molecule has 144 valence electrons. The lowest BCUT2D eigenvalue weighted by atomic mass is 9.72. The van der Waals surface area contributed by atoms with E-state index in [1.165, 1.54) is 6.07 Å². The Labute approximate surface area is 149 Å². The lowest BCUT2D eigenvalue weighted by Gasteiger charge is -2.37. The maximum atomic E-state index is 14.0. The summed E-state index contributed by atoms with van der Waals surface area (Å²) in [5.74, 6) is -2.97. The summed E-state index contributed by atoms with van der Waals surface area (Å²) in [6.07, 6.45) is -1.43. The number of carbonyl (C=O) groups is 1.